The molecule has 0 unspecified atom stereocenters. The maximum absolute atomic E-state index is 13.1. The first-order valence-corrected chi connectivity index (χ1v) is 13.1. The maximum Gasteiger partial charge on any atom is 0.338 e. The summed E-state index contributed by atoms with van der Waals surface area (Å²) < 4.78 is 11.0. The molecule has 202 valence electrons. The van der Waals surface area contributed by atoms with Gasteiger partial charge in [0.2, 0.25) is 17.6 Å². The summed E-state index contributed by atoms with van der Waals surface area (Å²) in [5.74, 6) is -0.937. The summed E-state index contributed by atoms with van der Waals surface area (Å²) in [6.07, 6.45) is 3.00. The van der Waals surface area contributed by atoms with Crippen molar-refractivity contribution in [2.24, 2.45) is 23.7 Å². The van der Waals surface area contributed by atoms with Crippen LogP contribution in [0.15, 0.2) is 78.4 Å². The fourth-order valence-corrected chi connectivity index (χ4v) is 6.23. The number of nitrogens with zero attached hydrogens (tertiary/aromatic N) is 2. The van der Waals surface area contributed by atoms with Crippen LogP contribution in [0.25, 0.3) is 0 Å². The van der Waals surface area contributed by atoms with E-state index >= 15 is 0 Å². The molecule has 1 heterocycles. The minimum atomic E-state index is -0.574. The quantitative estimate of drug-likeness (QED) is 0.113. The molecule has 2 amide bonds. The van der Waals surface area contributed by atoms with Crippen LogP contribution in [0, 0.1) is 33.8 Å². The molecule has 3 aromatic carbocycles. The van der Waals surface area contributed by atoms with Crippen LogP contribution in [0.4, 0.5) is 11.4 Å². The summed E-state index contributed by atoms with van der Waals surface area (Å²) in [6, 6.07) is 17.0. The number of benzene rings is 3. The second-order valence-electron chi connectivity index (χ2n) is 10.2. The molecule has 2 aliphatic carbocycles. The third kappa shape index (κ3) is 4.32. The molecule has 3 aliphatic rings. The van der Waals surface area contributed by atoms with Gasteiger partial charge < -0.3 is 9.47 Å². The molecule has 1 aliphatic heterocycles. The fourth-order valence-electron chi connectivity index (χ4n) is 6.02. The topological polar surface area (TPSA) is 116 Å². The molecule has 0 aromatic heterocycles. The first-order valence-electron chi connectivity index (χ1n) is 12.8. The van der Waals surface area contributed by atoms with Crippen molar-refractivity contribution < 1.29 is 28.8 Å². The van der Waals surface area contributed by atoms with Crippen molar-refractivity contribution in [3.63, 3.8) is 0 Å². The molecule has 0 spiro atoms. The van der Waals surface area contributed by atoms with E-state index in [1.165, 1.54) is 40.8 Å². The Kier molecular flexibility index (Phi) is 6.38. The Morgan fingerprint density at radius 2 is 1.73 bits per heavy atom. The summed E-state index contributed by atoms with van der Waals surface area (Å²) in [7, 11) is 0. The lowest BCUT2D eigenvalue weighted by Gasteiger charge is -2.19. The van der Waals surface area contributed by atoms with E-state index in [0.717, 1.165) is 6.42 Å². The Labute approximate surface area is 234 Å². The highest BCUT2D eigenvalue weighted by Crippen LogP contribution is 2.55. The highest BCUT2D eigenvalue weighted by molar-refractivity contribution is 6.32. The van der Waals surface area contributed by atoms with E-state index in [4.69, 9.17) is 21.1 Å². The Bertz CT molecular complexity index is 1580. The third-order valence-electron chi connectivity index (χ3n) is 7.90. The molecule has 2 bridgehead atoms. The number of allylic oxidation sites excluding steroid dienone is 2. The first kappa shape index (κ1) is 25.8. The number of esters is 1. The maximum atomic E-state index is 13.1. The highest BCUT2D eigenvalue weighted by atomic mass is 35.5. The second-order valence-corrected chi connectivity index (χ2v) is 10.6. The minimum absolute atomic E-state index is 0.0192. The fraction of sp³-hybridized carbons (Fsp3) is 0.233. The molecular formula is C30H23ClN2O7. The molecule has 9 nitrogen and oxygen atoms in total. The van der Waals surface area contributed by atoms with Crippen molar-refractivity contribution in [3.05, 3.63) is 105 Å². The Hall–Kier alpha value is -4.50. The number of hydrogen-bond donors (Lipinski definition) is 0. The number of imide groups is 1. The molecule has 0 N–H and O–H groups in total. The molecule has 0 radical (unpaired) electrons. The van der Waals surface area contributed by atoms with Gasteiger partial charge in [0.25, 0.3) is 0 Å². The van der Waals surface area contributed by atoms with Gasteiger partial charge in [-0.3, -0.25) is 24.6 Å². The first-order chi connectivity index (χ1) is 19.2. The lowest BCUT2D eigenvalue weighted by atomic mass is 9.82. The average Bonchev–Trinajstić information content (AvgIpc) is 3.59. The van der Waals surface area contributed by atoms with Crippen molar-refractivity contribution in [3.8, 4) is 11.5 Å². The van der Waals surface area contributed by atoms with Crippen molar-refractivity contribution in [1.82, 2.24) is 0 Å². The summed E-state index contributed by atoms with van der Waals surface area (Å²) in [4.78, 5) is 50.8. The number of halogens is 1. The smallest absolute Gasteiger partial charge is 0.338 e. The van der Waals surface area contributed by atoms with Gasteiger partial charge in [0, 0.05) is 6.07 Å². The standard InChI is InChI=1S/C30H23ClN2O7/c1-16-13-19-14-22(16)26-25(19)28(34)32(29(26)35)20-9-7-18(8-10-20)30(36)39-15-17-5-11-21(12-6-17)40-27-23(31)3-2-4-24(27)33(37)38/h2-13,19,22,25-26H,14-15H2,1H3/t19-,22+,25-,26-/m1/s1. The van der Waals surface area contributed by atoms with Crippen LogP contribution in [0.1, 0.15) is 29.3 Å². The van der Waals surface area contributed by atoms with Crippen LogP contribution >= 0.6 is 11.6 Å². The predicted octanol–water partition coefficient (Wildman–Crippen LogP) is 6.10. The number of anilines is 1. The number of nitro groups is 1. The number of nitro benzene ring substituents is 1. The van der Waals surface area contributed by atoms with Crippen LogP contribution in [0.2, 0.25) is 5.02 Å². The zero-order valence-electron chi connectivity index (χ0n) is 21.3. The molecule has 3 aromatic rings. The van der Waals surface area contributed by atoms with Gasteiger partial charge in [-0.05, 0) is 73.2 Å². The zero-order chi connectivity index (χ0) is 28.1. The van der Waals surface area contributed by atoms with Crippen LogP contribution < -0.4 is 9.64 Å². The lowest BCUT2D eigenvalue weighted by Crippen LogP contribution is -2.32. The molecule has 10 heteroatoms. The molecule has 6 rings (SSSR count). The number of amides is 2. The van der Waals surface area contributed by atoms with Crippen molar-refractivity contribution in [2.45, 2.75) is 20.0 Å². The van der Waals surface area contributed by atoms with Crippen LogP contribution in [-0.4, -0.2) is 22.7 Å². The van der Waals surface area contributed by atoms with Crippen molar-refractivity contribution in [1.29, 1.82) is 0 Å². The number of fused-ring (bicyclic) bond motifs is 5. The Balaban J connectivity index is 1.07. The van der Waals surface area contributed by atoms with Crippen LogP contribution in [0.3, 0.4) is 0 Å². The van der Waals surface area contributed by atoms with Crippen molar-refractivity contribution in [2.75, 3.05) is 4.90 Å². The average molecular weight is 559 g/mol. The minimum Gasteiger partial charge on any atom is -0.457 e. The number of ether oxygens (including phenoxy) is 2. The van der Waals surface area contributed by atoms with E-state index in [-0.39, 0.29) is 64.1 Å². The van der Waals surface area contributed by atoms with Gasteiger partial charge in [-0.15, -0.1) is 0 Å². The van der Waals surface area contributed by atoms with Gasteiger partial charge in [0.1, 0.15) is 12.4 Å². The largest absolute Gasteiger partial charge is 0.457 e. The van der Waals surface area contributed by atoms with Gasteiger partial charge in [-0.1, -0.05) is 41.4 Å². The molecule has 1 saturated heterocycles. The normalized spacial score (nSPS) is 22.8. The Morgan fingerprint density at radius 1 is 1.02 bits per heavy atom. The van der Waals surface area contributed by atoms with E-state index in [1.54, 1.807) is 36.4 Å². The number of para-hydroxylation sites is 1. The molecule has 4 atom stereocenters. The summed E-state index contributed by atoms with van der Waals surface area (Å²) in [6.45, 7) is 2.01. The summed E-state index contributed by atoms with van der Waals surface area (Å²) in [5, 5.41) is 11.4. The van der Waals surface area contributed by atoms with E-state index in [0.29, 0.717) is 17.0 Å². The molecule has 1 saturated carbocycles. The van der Waals surface area contributed by atoms with E-state index < -0.39 is 10.9 Å². The Morgan fingerprint density at radius 3 is 2.42 bits per heavy atom. The second kappa shape index (κ2) is 9.91. The lowest BCUT2D eigenvalue weighted by molar-refractivity contribution is -0.385. The van der Waals surface area contributed by atoms with Gasteiger partial charge in [-0.25, -0.2) is 4.79 Å². The monoisotopic (exact) mass is 558 g/mol. The van der Waals surface area contributed by atoms with Crippen LogP contribution in [-0.2, 0) is 20.9 Å². The molecule has 2 fully saturated rings. The van der Waals surface area contributed by atoms with Gasteiger partial charge in [-0.2, -0.15) is 0 Å². The molecule has 40 heavy (non-hydrogen) atoms. The van der Waals surface area contributed by atoms with E-state index in [2.05, 4.69) is 6.08 Å². The third-order valence-corrected chi connectivity index (χ3v) is 8.20. The number of rotatable bonds is 7. The number of carbonyl (C=O) groups excluding carboxylic acids is 3. The van der Waals surface area contributed by atoms with Crippen molar-refractivity contribution >= 4 is 40.8 Å². The van der Waals surface area contributed by atoms with Gasteiger partial charge in [0.05, 0.1) is 33.0 Å². The van der Waals surface area contributed by atoms with E-state index in [1.807, 2.05) is 6.92 Å². The van der Waals surface area contributed by atoms with Crippen LogP contribution in [0.5, 0.6) is 11.5 Å². The van der Waals surface area contributed by atoms with Gasteiger partial charge >= 0.3 is 11.7 Å². The predicted molar refractivity (Wildman–Crippen MR) is 145 cm³/mol. The number of hydrogen-bond acceptors (Lipinski definition) is 7. The van der Waals surface area contributed by atoms with Gasteiger partial charge in [0.15, 0.2) is 0 Å². The highest BCUT2D eigenvalue weighted by Gasteiger charge is 2.60. The zero-order valence-corrected chi connectivity index (χ0v) is 22.0. The summed E-state index contributed by atoms with van der Waals surface area (Å²) in [5.41, 5.74) is 2.35. The summed E-state index contributed by atoms with van der Waals surface area (Å²) >= 11 is 6.07. The van der Waals surface area contributed by atoms with E-state index in [9.17, 15) is 24.5 Å². The SMILES string of the molecule is CC1=C[C@@H]2C[C@@H]1[C@H]1C(=O)N(c3ccc(C(=O)OCc4ccc(Oc5c(Cl)cccc5[N+](=O)[O-])cc4)cc3)C(=O)[C@@H]12. The number of carbonyl (C=O) groups is 3. The molecular weight excluding hydrogens is 536 g/mol.